The summed E-state index contributed by atoms with van der Waals surface area (Å²) in [5, 5.41) is 14.9. The second-order valence-corrected chi connectivity index (χ2v) is 8.21. The average Bonchev–Trinajstić information content (AvgIpc) is 3.49. The number of hydrogen-bond acceptors (Lipinski definition) is 7. The minimum atomic E-state index is -0.250. The van der Waals surface area contributed by atoms with E-state index in [0.717, 1.165) is 36.3 Å². The zero-order valence-corrected chi connectivity index (χ0v) is 18.7. The summed E-state index contributed by atoms with van der Waals surface area (Å²) in [4.78, 5) is 24.6. The number of rotatable bonds is 5. The van der Waals surface area contributed by atoms with Crippen molar-refractivity contribution in [3.05, 3.63) is 42.0 Å². The van der Waals surface area contributed by atoms with Crippen molar-refractivity contribution < 1.29 is 4.79 Å². The number of anilines is 3. The van der Waals surface area contributed by atoms with Crippen LogP contribution in [-0.4, -0.2) is 63.3 Å². The number of likely N-dealkylation sites (N-methyl/N-ethyl adjacent to an activating group) is 1. The highest BCUT2D eigenvalue weighted by molar-refractivity contribution is 6.13. The molecule has 0 aliphatic carbocycles. The van der Waals surface area contributed by atoms with Crippen LogP contribution in [0.2, 0.25) is 0 Å². The number of nitrogens with one attached hydrogen (secondary N) is 3. The van der Waals surface area contributed by atoms with Crippen molar-refractivity contribution in [2.45, 2.75) is 19.4 Å². The van der Waals surface area contributed by atoms with E-state index in [2.05, 4.69) is 35.9 Å². The number of amides is 1. The second-order valence-electron chi connectivity index (χ2n) is 8.21. The van der Waals surface area contributed by atoms with Crippen LogP contribution in [0.4, 0.5) is 17.3 Å². The van der Waals surface area contributed by atoms with Gasteiger partial charge in [0.05, 0.1) is 17.5 Å². The van der Waals surface area contributed by atoms with E-state index < -0.39 is 0 Å². The normalized spacial score (nSPS) is 16.2. The fourth-order valence-electron chi connectivity index (χ4n) is 4.41. The van der Waals surface area contributed by atoms with E-state index in [0.29, 0.717) is 34.4 Å². The lowest BCUT2D eigenvalue weighted by Gasteiger charge is -2.20. The largest absolute Gasteiger partial charge is 0.370 e. The molecule has 0 saturated carbocycles. The number of hydrogen-bond donors (Lipinski definition) is 3. The SMILES string of the molecule is CNc1nc(NC(=O)c2ccc(N3CC[C@@H](NC)C3)c3cn(C)nc23)cn2cc(C)nc12. The van der Waals surface area contributed by atoms with Gasteiger partial charge in [-0.1, -0.05) is 0 Å². The molecule has 1 aliphatic rings. The van der Waals surface area contributed by atoms with Gasteiger partial charge in [-0.25, -0.2) is 9.97 Å². The molecule has 3 N–H and O–H groups in total. The van der Waals surface area contributed by atoms with Crippen LogP contribution in [0, 0.1) is 6.92 Å². The number of fused-ring (bicyclic) bond motifs is 2. The van der Waals surface area contributed by atoms with Crippen LogP contribution in [-0.2, 0) is 7.05 Å². The molecule has 10 heteroatoms. The molecule has 166 valence electrons. The van der Waals surface area contributed by atoms with Crippen molar-refractivity contribution in [1.29, 1.82) is 0 Å². The lowest BCUT2D eigenvalue weighted by Crippen LogP contribution is -2.29. The van der Waals surface area contributed by atoms with Crippen LogP contribution in [0.3, 0.4) is 0 Å². The van der Waals surface area contributed by atoms with E-state index in [1.54, 1.807) is 17.9 Å². The van der Waals surface area contributed by atoms with E-state index in [-0.39, 0.29) is 5.91 Å². The molecule has 4 aromatic rings. The summed E-state index contributed by atoms with van der Waals surface area (Å²) in [5.74, 6) is 0.789. The molecule has 32 heavy (non-hydrogen) atoms. The highest BCUT2D eigenvalue weighted by Gasteiger charge is 2.25. The number of benzene rings is 1. The third kappa shape index (κ3) is 3.42. The average molecular weight is 434 g/mol. The maximum Gasteiger partial charge on any atom is 0.259 e. The quantitative estimate of drug-likeness (QED) is 0.442. The Labute approximate surface area is 185 Å². The number of nitrogens with zero attached hydrogens (tertiary/aromatic N) is 6. The third-order valence-electron chi connectivity index (χ3n) is 5.99. The Morgan fingerprint density at radius 2 is 2.00 bits per heavy atom. The fraction of sp³-hybridized carbons (Fsp3) is 0.364. The molecule has 4 heterocycles. The lowest BCUT2D eigenvalue weighted by molar-refractivity contribution is 0.102. The van der Waals surface area contributed by atoms with E-state index in [1.165, 1.54) is 0 Å². The maximum atomic E-state index is 13.2. The molecule has 1 saturated heterocycles. The van der Waals surface area contributed by atoms with Gasteiger partial charge in [0.2, 0.25) is 0 Å². The smallest absolute Gasteiger partial charge is 0.259 e. The first kappa shape index (κ1) is 20.3. The molecule has 1 aliphatic heterocycles. The summed E-state index contributed by atoms with van der Waals surface area (Å²) in [5.41, 5.74) is 3.89. The number of carbonyl (C=O) groups excluding carboxylic acids is 1. The summed E-state index contributed by atoms with van der Waals surface area (Å²) in [6, 6.07) is 4.34. The van der Waals surface area contributed by atoms with Crippen molar-refractivity contribution in [2.75, 3.05) is 42.7 Å². The van der Waals surface area contributed by atoms with Gasteiger partial charge in [0, 0.05) is 56.7 Å². The topological polar surface area (TPSA) is 104 Å². The summed E-state index contributed by atoms with van der Waals surface area (Å²) in [7, 11) is 5.66. The Balaban J connectivity index is 1.49. The predicted molar refractivity (Wildman–Crippen MR) is 126 cm³/mol. The van der Waals surface area contributed by atoms with Crippen LogP contribution in [0.1, 0.15) is 22.5 Å². The first-order valence-corrected chi connectivity index (χ1v) is 10.7. The van der Waals surface area contributed by atoms with Gasteiger partial charge in [-0.2, -0.15) is 5.10 Å². The summed E-state index contributed by atoms with van der Waals surface area (Å²) in [6.45, 7) is 3.83. The van der Waals surface area contributed by atoms with Crippen molar-refractivity contribution in [3.8, 4) is 0 Å². The summed E-state index contributed by atoms with van der Waals surface area (Å²) in [6.07, 6.45) is 6.73. The second kappa shape index (κ2) is 7.79. The van der Waals surface area contributed by atoms with Gasteiger partial charge in [-0.3, -0.25) is 9.48 Å². The Morgan fingerprint density at radius 1 is 1.16 bits per heavy atom. The Bertz CT molecular complexity index is 1320. The standard InChI is InChI=1S/C22H27N9O/c1-13-9-31-12-18(26-20(24-3)21(31)25-13)27-22(32)15-5-6-17(16-11-29(4)28-19(15)16)30-8-7-14(10-30)23-2/h5-6,9,11-12,14,23H,7-8,10H2,1-4H3,(H,24,26)(H,27,32)/t14-/m1/s1. The van der Waals surface area contributed by atoms with Gasteiger partial charge >= 0.3 is 0 Å². The van der Waals surface area contributed by atoms with Crippen LogP contribution < -0.4 is 20.9 Å². The van der Waals surface area contributed by atoms with Crippen LogP contribution in [0.25, 0.3) is 16.6 Å². The van der Waals surface area contributed by atoms with Gasteiger partial charge in [0.1, 0.15) is 5.52 Å². The van der Waals surface area contributed by atoms with Crippen LogP contribution in [0.15, 0.2) is 30.7 Å². The molecule has 1 atom stereocenters. The zero-order valence-electron chi connectivity index (χ0n) is 18.7. The molecule has 3 aromatic heterocycles. The summed E-state index contributed by atoms with van der Waals surface area (Å²) < 4.78 is 3.61. The molecule has 1 amide bonds. The maximum absolute atomic E-state index is 13.2. The van der Waals surface area contributed by atoms with Crippen molar-refractivity contribution in [3.63, 3.8) is 0 Å². The molecule has 0 bridgehead atoms. The zero-order chi connectivity index (χ0) is 22.4. The molecule has 0 radical (unpaired) electrons. The van der Waals surface area contributed by atoms with Crippen molar-refractivity contribution in [1.82, 2.24) is 29.5 Å². The molecule has 10 nitrogen and oxygen atoms in total. The minimum Gasteiger partial charge on any atom is -0.370 e. The van der Waals surface area contributed by atoms with E-state index in [4.69, 9.17) is 0 Å². The van der Waals surface area contributed by atoms with E-state index in [1.807, 2.05) is 49.9 Å². The fourth-order valence-corrected chi connectivity index (χ4v) is 4.41. The minimum absolute atomic E-state index is 0.250. The molecule has 1 aromatic carbocycles. The van der Waals surface area contributed by atoms with Gasteiger partial charge in [0.25, 0.3) is 5.91 Å². The molecule has 1 fully saturated rings. The van der Waals surface area contributed by atoms with Crippen LogP contribution >= 0.6 is 0 Å². The lowest BCUT2D eigenvalue weighted by atomic mass is 10.1. The summed E-state index contributed by atoms with van der Waals surface area (Å²) >= 11 is 0. The van der Waals surface area contributed by atoms with E-state index in [9.17, 15) is 4.79 Å². The molecular formula is C22H27N9O. The number of aryl methyl sites for hydroxylation is 2. The molecule has 5 rings (SSSR count). The van der Waals surface area contributed by atoms with Crippen LogP contribution in [0.5, 0.6) is 0 Å². The highest BCUT2D eigenvalue weighted by atomic mass is 16.1. The van der Waals surface area contributed by atoms with E-state index >= 15 is 0 Å². The monoisotopic (exact) mass is 433 g/mol. The van der Waals surface area contributed by atoms with Crippen molar-refractivity contribution in [2.24, 2.45) is 7.05 Å². The third-order valence-corrected chi connectivity index (χ3v) is 5.99. The number of carbonyl (C=O) groups is 1. The van der Waals surface area contributed by atoms with Gasteiger partial charge < -0.3 is 25.3 Å². The Morgan fingerprint density at radius 3 is 2.75 bits per heavy atom. The number of imidazole rings is 1. The number of aromatic nitrogens is 5. The van der Waals surface area contributed by atoms with Crippen molar-refractivity contribution >= 4 is 39.8 Å². The molecule has 0 unspecified atom stereocenters. The molecule has 0 spiro atoms. The van der Waals surface area contributed by atoms with Gasteiger partial charge in [-0.05, 0) is 32.5 Å². The first-order chi connectivity index (χ1) is 15.5. The Kier molecular flexibility index (Phi) is 4.93. The predicted octanol–water partition coefficient (Wildman–Crippen LogP) is 2.02. The van der Waals surface area contributed by atoms with Gasteiger partial charge in [-0.15, -0.1) is 0 Å². The van der Waals surface area contributed by atoms with Gasteiger partial charge in [0.15, 0.2) is 17.3 Å². The molecular weight excluding hydrogens is 406 g/mol. The highest BCUT2D eigenvalue weighted by Crippen LogP contribution is 2.31. The first-order valence-electron chi connectivity index (χ1n) is 10.7. The Hall–Kier alpha value is -3.66.